The Labute approximate surface area is 131 Å². The molecular weight excluding hydrogens is 318 g/mol. The maximum Gasteiger partial charge on any atom is 0.153 e. The van der Waals surface area contributed by atoms with E-state index in [0.29, 0.717) is 0 Å². The summed E-state index contributed by atoms with van der Waals surface area (Å²) >= 11 is 3.55. The van der Waals surface area contributed by atoms with E-state index in [1.807, 2.05) is 11.7 Å². The second kappa shape index (κ2) is 7.52. The van der Waals surface area contributed by atoms with Gasteiger partial charge in [0, 0.05) is 12.6 Å². The fourth-order valence-electron chi connectivity index (χ4n) is 3.02. The van der Waals surface area contributed by atoms with Crippen LogP contribution in [0, 0.1) is 0 Å². The van der Waals surface area contributed by atoms with Crippen molar-refractivity contribution in [3.05, 3.63) is 10.3 Å². The Bertz CT molecular complexity index is 396. The summed E-state index contributed by atoms with van der Waals surface area (Å²) in [5.74, 6) is 0. The summed E-state index contributed by atoms with van der Waals surface area (Å²) < 4.78 is 2.70. The van der Waals surface area contributed by atoms with E-state index >= 15 is 0 Å². The van der Waals surface area contributed by atoms with Gasteiger partial charge in [0.05, 0.1) is 11.7 Å². The number of nitrogens with zero attached hydrogens (tertiary/aromatic N) is 4. The van der Waals surface area contributed by atoms with Crippen molar-refractivity contribution in [2.45, 2.75) is 52.6 Å². The van der Waals surface area contributed by atoms with Crippen LogP contribution in [-0.4, -0.2) is 45.1 Å². The van der Waals surface area contributed by atoms with Crippen LogP contribution in [0.1, 0.15) is 52.8 Å². The largest absolute Gasteiger partial charge is 0.307 e. The lowest BCUT2D eigenvalue weighted by Crippen LogP contribution is -2.54. The van der Waals surface area contributed by atoms with Gasteiger partial charge in [0.15, 0.2) is 4.60 Å². The smallest absolute Gasteiger partial charge is 0.153 e. The predicted octanol–water partition coefficient (Wildman–Crippen LogP) is 2.74. The molecule has 1 aromatic rings. The molecule has 1 rings (SSSR count). The van der Waals surface area contributed by atoms with Gasteiger partial charge in [0.2, 0.25) is 0 Å². The van der Waals surface area contributed by atoms with Gasteiger partial charge in [-0.1, -0.05) is 32.9 Å². The molecule has 1 heterocycles. The lowest BCUT2D eigenvalue weighted by Gasteiger charge is -2.45. The zero-order valence-corrected chi connectivity index (χ0v) is 15.2. The zero-order chi connectivity index (χ0) is 15.3. The van der Waals surface area contributed by atoms with Crippen LogP contribution in [0.5, 0.6) is 0 Å². The molecular formula is C14H28BrN5. The third-order valence-corrected chi connectivity index (χ3v) is 4.90. The van der Waals surface area contributed by atoms with Crippen molar-refractivity contribution in [3.63, 3.8) is 0 Å². The molecule has 116 valence electrons. The first-order chi connectivity index (χ1) is 9.46. The highest BCUT2D eigenvalue weighted by Crippen LogP contribution is 2.36. The Morgan fingerprint density at radius 2 is 1.90 bits per heavy atom. The maximum absolute atomic E-state index is 4.15. The molecule has 2 unspecified atom stereocenters. The molecule has 5 nitrogen and oxygen atoms in total. The summed E-state index contributed by atoms with van der Waals surface area (Å²) in [6.45, 7) is 14.1. The molecule has 1 N–H and O–H groups in total. The molecule has 0 saturated carbocycles. The Kier molecular flexibility index (Phi) is 6.61. The maximum atomic E-state index is 4.15. The molecule has 0 aliphatic heterocycles. The van der Waals surface area contributed by atoms with E-state index in [-0.39, 0.29) is 11.6 Å². The standard InChI is InChI=1S/C14H28BrN5/c1-7-14(5,20(9-3)10-4)12(16-8-2)11-13(15)17-18-19(11)6/h12,16H,7-10H2,1-6H3. The fraction of sp³-hybridized carbons (Fsp3) is 0.857. The normalized spacial score (nSPS) is 16.4. The zero-order valence-electron chi connectivity index (χ0n) is 13.6. The van der Waals surface area contributed by atoms with Gasteiger partial charge in [0.1, 0.15) is 0 Å². The van der Waals surface area contributed by atoms with Crippen molar-refractivity contribution in [1.82, 2.24) is 25.2 Å². The highest BCUT2D eigenvalue weighted by Gasteiger charge is 2.40. The van der Waals surface area contributed by atoms with Crippen LogP contribution in [-0.2, 0) is 7.05 Å². The van der Waals surface area contributed by atoms with E-state index in [4.69, 9.17) is 0 Å². The van der Waals surface area contributed by atoms with Crippen LogP contribution >= 0.6 is 15.9 Å². The number of nitrogens with one attached hydrogen (secondary N) is 1. The van der Waals surface area contributed by atoms with Crippen LogP contribution < -0.4 is 5.32 Å². The Hall–Kier alpha value is -0.460. The fourth-order valence-corrected chi connectivity index (χ4v) is 3.57. The number of hydrogen-bond acceptors (Lipinski definition) is 4. The third-order valence-electron chi connectivity index (χ3n) is 4.33. The third kappa shape index (κ3) is 3.23. The molecule has 0 bridgehead atoms. The Morgan fingerprint density at radius 3 is 2.25 bits per heavy atom. The van der Waals surface area contributed by atoms with E-state index < -0.39 is 0 Å². The van der Waals surface area contributed by atoms with Gasteiger partial charge in [-0.15, -0.1) is 5.10 Å². The van der Waals surface area contributed by atoms with Gasteiger partial charge in [-0.3, -0.25) is 4.90 Å². The molecule has 0 saturated heterocycles. The van der Waals surface area contributed by atoms with E-state index in [9.17, 15) is 0 Å². The van der Waals surface area contributed by atoms with E-state index in [2.05, 4.69) is 71.1 Å². The lowest BCUT2D eigenvalue weighted by atomic mass is 9.85. The molecule has 0 spiro atoms. The highest BCUT2D eigenvalue weighted by atomic mass is 79.9. The second-order valence-corrected chi connectivity index (χ2v) is 6.01. The number of aryl methyl sites for hydroxylation is 1. The van der Waals surface area contributed by atoms with Crippen molar-refractivity contribution in [1.29, 1.82) is 0 Å². The van der Waals surface area contributed by atoms with E-state index in [1.54, 1.807) is 0 Å². The number of aromatic nitrogens is 3. The van der Waals surface area contributed by atoms with E-state index in [0.717, 1.165) is 36.4 Å². The SMILES string of the molecule is CCNC(c1c(Br)nnn1C)C(C)(CC)N(CC)CC. The van der Waals surface area contributed by atoms with Crippen LogP contribution in [0.4, 0.5) is 0 Å². The lowest BCUT2D eigenvalue weighted by molar-refractivity contribution is 0.0671. The minimum atomic E-state index is 0.0253. The highest BCUT2D eigenvalue weighted by molar-refractivity contribution is 9.10. The van der Waals surface area contributed by atoms with Crippen molar-refractivity contribution >= 4 is 15.9 Å². The van der Waals surface area contributed by atoms with E-state index in [1.165, 1.54) is 0 Å². The molecule has 0 radical (unpaired) electrons. The minimum absolute atomic E-state index is 0.0253. The number of hydrogen-bond donors (Lipinski definition) is 1. The van der Waals surface area contributed by atoms with Crippen molar-refractivity contribution < 1.29 is 0 Å². The quantitative estimate of drug-likeness (QED) is 0.786. The molecule has 1 aromatic heterocycles. The van der Waals surface area contributed by atoms with Crippen LogP contribution in [0.3, 0.4) is 0 Å². The topological polar surface area (TPSA) is 46.0 Å². The monoisotopic (exact) mass is 345 g/mol. The van der Waals surface area contributed by atoms with Crippen molar-refractivity contribution in [2.75, 3.05) is 19.6 Å². The second-order valence-electron chi connectivity index (χ2n) is 5.26. The summed E-state index contributed by atoms with van der Waals surface area (Å²) in [4.78, 5) is 2.51. The number of halogens is 1. The van der Waals surface area contributed by atoms with Gasteiger partial charge in [-0.2, -0.15) is 0 Å². The first-order valence-electron chi connectivity index (χ1n) is 7.49. The van der Waals surface area contributed by atoms with Crippen molar-refractivity contribution in [2.24, 2.45) is 7.05 Å². The molecule has 0 amide bonds. The first kappa shape index (κ1) is 17.6. The molecule has 20 heavy (non-hydrogen) atoms. The summed E-state index contributed by atoms with van der Waals surface area (Å²) in [6.07, 6.45) is 1.06. The number of likely N-dealkylation sites (N-methyl/N-ethyl adjacent to an activating group) is 2. The summed E-state index contributed by atoms with van der Waals surface area (Å²) in [5, 5.41) is 11.9. The summed E-state index contributed by atoms with van der Waals surface area (Å²) in [7, 11) is 1.95. The average Bonchev–Trinajstić information content (AvgIpc) is 2.76. The molecule has 2 atom stereocenters. The van der Waals surface area contributed by atoms with Gasteiger partial charge < -0.3 is 5.32 Å². The van der Waals surface area contributed by atoms with Crippen LogP contribution in [0.2, 0.25) is 0 Å². The van der Waals surface area contributed by atoms with Gasteiger partial charge in [-0.05, 0) is 48.9 Å². The van der Waals surface area contributed by atoms with Crippen LogP contribution in [0.25, 0.3) is 0 Å². The molecule has 0 aromatic carbocycles. The summed E-state index contributed by atoms with van der Waals surface area (Å²) in [6, 6.07) is 0.187. The molecule has 6 heteroatoms. The van der Waals surface area contributed by atoms with Crippen LogP contribution in [0.15, 0.2) is 4.60 Å². The number of rotatable bonds is 8. The van der Waals surface area contributed by atoms with Gasteiger partial charge in [0.25, 0.3) is 0 Å². The molecule has 0 aliphatic carbocycles. The average molecular weight is 346 g/mol. The minimum Gasteiger partial charge on any atom is -0.307 e. The van der Waals surface area contributed by atoms with Gasteiger partial charge in [-0.25, -0.2) is 4.68 Å². The predicted molar refractivity (Wildman–Crippen MR) is 86.7 cm³/mol. The van der Waals surface area contributed by atoms with Gasteiger partial charge >= 0.3 is 0 Å². The molecule has 0 aliphatic rings. The Morgan fingerprint density at radius 1 is 1.30 bits per heavy atom. The Balaban J connectivity index is 3.29. The van der Waals surface area contributed by atoms with Crippen molar-refractivity contribution in [3.8, 4) is 0 Å². The summed E-state index contributed by atoms with van der Waals surface area (Å²) in [5.41, 5.74) is 1.14. The molecule has 0 fully saturated rings. The first-order valence-corrected chi connectivity index (χ1v) is 8.28.